The predicted octanol–water partition coefficient (Wildman–Crippen LogP) is 0.428. The first-order valence-electron chi connectivity index (χ1n) is 5.36. The Morgan fingerprint density at radius 3 is 2.92 bits per heavy atom. The molecule has 13 heavy (non-hydrogen) atoms. The van der Waals surface area contributed by atoms with Crippen molar-refractivity contribution >= 4 is 0 Å². The molecule has 2 unspecified atom stereocenters. The Kier molecular flexibility index (Phi) is 4.70. The molecule has 3 nitrogen and oxygen atoms in total. The highest BCUT2D eigenvalue weighted by atomic mass is 16.3. The molecule has 0 aromatic carbocycles. The van der Waals surface area contributed by atoms with E-state index in [0.717, 1.165) is 26.1 Å². The number of aliphatic hydroxyl groups is 1. The normalized spacial score (nSPS) is 27.5. The summed E-state index contributed by atoms with van der Waals surface area (Å²) in [6.45, 7) is 5.45. The van der Waals surface area contributed by atoms with Gasteiger partial charge in [0.1, 0.15) is 0 Å². The molecular formula is C10H22N2O. The van der Waals surface area contributed by atoms with E-state index in [1.54, 1.807) is 0 Å². The van der Waals surface area contributed by atoms with Gasteiger partial charge < -0.3 is 10.8 Å². The van der Waals surface area contributed by atoms with E-state index in [2.05, 4.69) is 11.8 Å². The quantitative estimate of drug-likeness (QED) is 0.669. The fourth-order valence-electron chi connectivity index (χ4n) is 2.15. The summed E-state index contributed by atoms with van der Waals surface area (Å²) in [7, 11) is 0. The average Bonchev–Trinajstić information content (AvgIpc) is 2.20. The smallest absolute Gasteiger partial charge is 0.0471 e. The van der Waals surface area contributed by atoms with Gasteiger partial charge in [0.25, 0.3) is 0 Å². The maximum atomic E-state index is 9.08. The summed E-state index contributed by atoms with van der Waals surface area (Å²) < 4.78 is 0. The van der Waals surface area contributed by atoms with E-state index in [-0.39, 0.29) is 0 Å². The first-order chi connectivity index (χ1) is 6.31. The Morgan fingerprint density at radius 2 is 2.38 bits per heavy atom. The zero-order valence-electron chi connectivity index (χ0n) is 8.58. The summed E-state index contributed by atoms with van der Waals surface area (Å²) in [5.74, 6) is 0.481. The number of hydrogen-bond acceptors (Lipinski definition) is 3. The molecule has 0 bridgehead atoms. The van der Waals surface area contributed by atoms with E-state index in [9.17, 15) is 0 Å². The van der Waals surface area contributed by atoms with Gasteiger partial charge >= 0.3 is 0 Å². The van der Waals surface area contributed by atoms with Crippen molar-refractivity contribution in [2.75, 3.05) is 26.2 Å². The summed E-state index contributed by atoms with van der Waals surface area (Å²) in [5.41, 5.74) is 5.70. The first kappa shape index (κ1) is 11.0. The lowest BCUT2D eigenvalue weighted by Gasteiger charge is -2.36. The highest BCUT2D eigenvalue weighted by molar-refractivity contribution is 4.78. The molecule has 78 valence electrons. The number of nitrogens with zero attached hydrogens (tertiary/aromatic N) is 1. The van der Waals surface area contributed by atoms with Crippen molar-refractivity contribution in [1.29, 1.82) is 0 Å². The van der Waals surface area contributed by atoms with Crippen LogP contribution in [0.1, 0.15) is 26.2 Å². The molecule has 0 aliphatic carbocycles. The van der Waals surface area contributed by atoms with E-state index < -0.39 is 0 Å². The fraction of sp³-hybridized carbons (Fsp3) is 1.00. The third-order valence-electron chi connectivity index (χ3n) is 3.07. The molecule has 1 fully saturated rings. The molecule has 1 saturated heterocycles. The average molecular weight is 186 g/mol. The van der Waals surface area contributed by atoms with Gasteiger partial charge in [-0.2, -0.15) is 0 Å². The number of aliphatic hydroxyl groups excluding tert-OH is 1. The molecule has 0 spiro atoms. The van der Waals surface area contributed by atoms with E-state index in [4.69, 9.17) is 10.8 Å². The second kappa shape index (κ2) is 5.58. The SMILES string of the molecule is CCC(CN)N1CCCC(CO)C1. The summed E-state index contributed by atoms with van der Waals surface area (Å²) >= 11 is 0. The van der Waals surface area contributed by atoms with Crippen molar-refractivity contribution in [3.8, 4) is 0 Å². The summed E-state index contributed by atoms with van der Waals surface area (Å²) in [6, 6.07) is 0.523. The Labute approximate surface area is 80.9 Å². The number of likely N-dealkylation sites (tertiary alicyclic amines) is 1. The molecule has 0 saturated carbocycles. The van der Waals surface area contributed by atoms with Crippen LogP contribution in [0.25, 0.3) is 0 Å². The van der Waals surface area contributed by atoms with Crippen molar-refractivity contribution in [3.63, 3.8) is 0 Å². The monoisotopic (exact) mass is 186 g/mol. The second-order valence-corrected chi connectivity index (χ2v) is 3.98. The van der Waals surface area contributed by atoms with Gasteiger partial charge in [-0.15, -0.1) is 0 Å². The van der Waals surface area contributed by atoms with Crippen LogP contribution in [0.5, 0.6) is 0 Å². The van der Waals surface area contributed by atoms with E-state index in [1.165, 1.54) is 12.8 Å². The molecule has 3 N–H and O–H groups in total. The van der Waals surface area contributed by atoms with Crippen molar-refractivity contribution in [2.24, 2.45) is 11.7 Å². The van der Waals surface area contributed by atoms with Crippen LogP contribution in [0, 0.1) is 5.92 Å². The number of nitrogens with two attached hydrogens (primary N) is 1. The topological polar surface area (TPSA) is 49.5 Å². The Hall–Kier alpha value is -0.120. The van der Waals surface area contributed by atoms with Gasteiger partial charge in [0.05, 0.1) is 0 Å². The van der Waals surface area contributed by atoms with Crippen LogP contribution >= 0.6 is 0 Å². The van der Waals surface area contributed by atoms with Crippen LogP contribution in [0.2, 0.25) is 0 Å². The minimum atomic E-state index is 0.331. The van der Waals surface area contributed by atoms with Gasteiger partial charge in [0, 0.05) is 25.7 Å². The lowest BCUT2D eigenvalue weighted by atomic mass is 9.97. The largest absolute Gasteiger partial charge is 0.396 e. The maximum Gasteiger partial charge on any atom is 0.0471 e. The molecule has 0 radical (unpaired) electrons. The zero-order valence-corrected chi connectivity index (χ0v) is 8.58. The molecule has 0 amide bonds. The molecule has 0 aromatic rings. The molecule has 2 atom stereocenters. The van der Waals surface area contributed by atoms with E-state index >= 15 is 0 Å². The molecular weight excluding hydrogens is 164 g/mol. The van der Waals surface area contributed by atoms with Gasteiger partial charge in [0.2, 0.25) is 0 Å². The maximum absolute atomic E-state index is 9.08. The Balaban J connectivity index is 2.40. The highest BCUT2D eigenvalue weighted by Gasteiger charge is 2.23. The van der Waals surface area contributed by atoms with Crippen molar-refractivity contribution in [1.82, 2.24) is 4.90 Å². The van der Waals surface area contributed by atoms with Crippen LogP contribution in [0.15, 0.2) is 0 Å². The van der Waals surface area contributed by atoms with Gasteiger partial charge in [-0.25, -0.2) is 0 Å². The molecule has 0 aromatic heterocycles. The standard InChI is InChI=1S/C10H22N2O/c1-2-10(6-11)12-5-3-4-9(7-12)8-13/h9-10,13H,2-8,11H2,1H3. The first-order valence-corrected chi connectivity index (χ1v) is 5.36. The van der Waals surface area contributed by atoms with Crippen LogP contribution in [0.3, 0.4) is 0 Å². The lowest BCUT2D eigenvalue weighted by molar-refractivity contribution is 0.0887. The van der Waals surface area contributed by atoms with E-state index in [0.29, 0.717) is 18.6 Å². The molecule has 3 heteroatoms. The van der Waals surface area contributed by atoms with Crippen molar-refractivity contribution in [2.45, 2.75) is 32.2 Å². The third kappa shape index (κ3) is 2.93. The molecule has 1 aliphatic rings. The van der Waals surface area contributed by atoms with Crippen LogP contribution in [-0.2, 0) is 0 Å². The number of piperidine rings is 1. The Bertz CT molecular complexity index is 137. The highest BCUT2D eigenvalue weighted by Crippen LogP contribution is 2.18. The Morgan fingerprint density at radius 1 is 1.62 bits per heavy atom. The predicted molar refractivity (Wildman–Crippen MR) is 54.5 cm³/mol. The lowest BCUT2D eigenvalue weighted by Crippen LogP contribution is -2.46. The van der Waals surface area contributed by atoms with E-state index in [1.807, 2.05) is 0 Å². The number of hydrogen-bond donors (Lipinski definition) is 2. The van der Waals surface area contributed by atoms with Gasteiger partial charge in [-0.3, -0.25) is 4.90 Å². The minimum absolute atomic E-state index is 0.331. The van der Waals surface area contributed by atoms with Gasteiger partial charge in [-0.1, -0.05) is 6.92 Å². The molecule has 1 rings (SSSR count). The third-order valence-corrected chi connectivity index (χ3v) is 3.07. The van der Waals surface area contributed by atoms with Crippen LogP contribution in [-0.4, -0.2) is 42.3 Å². The summed E-state index contributed by atoms with van der Waals surface area (Å²) in [6.07, 6.45) is 3.50. The summed E-state index contributed by atoms with van der Waals surface area (Å²) in [4.78, 5) is 2.43. The number of rotatable bonds is 4. The zero-order chi connectivity index (χ0) is 9.68. The summed E-state index contributed by atoms with van der Waals surface area (Å²) in [5, 5.41) is 9.08. The van der Waals surface area contributed by atoms with Crippen LogP contribution < -0.4 is 5.73 Å². The minimum Gasteiger partial charge on any atom is -0.396 e. The fourth-order valence-corrected chi connectivity index (χ4v) is 2.15. The molecule has 1 aliphatic heterocycles. The second-order valence-electron chi connectivity index (χ2n) is 3.98. The van der Waals surface area contributed by atoms with Crippen LogP contribution in [0.4, 0.5) is 0 Å². The van der Waals surface area contributed by atoms with Gasteiger partial charge in [-0.05, 0) is 31.7 Å². The van der Waals surface area contributed by atoms with Gasteiger partial charge in [0.15, 0.2) is 0 Å². The molecule has 1 heterocycles. The van der Waals surface area contributed by atoms with Crippen molar-refractivity contribution in [3.05, 3.63) is 0 Å². The van der Waals surface area contributed by atoms with Crippen molar-refractivity contribution < 1.29 is 5.11 Å².